The van der Waals surface area contributed by atoms with Crippen LogP contribution in [0.2, 0.25) is 0 Å². The normalized spacial score (nSPS) is 17.5. The second kappa shape index (κ2) is 4.56. The van der Waals surface area contributed by atoms with Crippen molar-refractivity contribution in [3.63, 3.8) is 0 Å². The van der Waals surface area contributed by atoms with E-state index in [2.05, 4.69) is 30.9 Å². The molecule has 0 amide bonds. The van der Waals surface area contributed by atoms with Gasteiger partial charge in [0.2, 0.25) is 0 Å². The molecule has 0 aliphatic carbocycles. The molecule has 0 aliphatic heterocycles. The first-order chi connectivity index (χ1) is 5.62. The zero-order valence-corrected chi connectivity index (χ0v) is 10.1. The third kappa shape index (κ3) is 8.44. The number of rotatable bonds is 4. The van der Waals surface area contributed by atoms with Gasteiger partial charge in [-0.3, -0.25) is 10.1 Å². The molecule has 0 rings (SSSR count). The van der Waals surface area contributed by atoms with Gasteiger partial charge >= 0.3 is 0 Å². The molecule has 5 heteroatoms. The molecular formula is C8H22N3OP. The Bertz CT molecular complexity index is 198. The van der Waals surface area contributed by atoms with Crippen molar-refractivity contribution in [3.8, 4) is 0 Å². The predicted octanol–water partition coefficient (Wildman–Crippen LogP) is 1.69. The van der Waals surface area contributed by atoms with Crippen LogP contribution in [0.4, 0.5) is 0 Å². The molecular weight excluding hydrogens is 185 g/mol. The number of nitrogens with one attached hydrogen (secondary N) is 2. The second-order valence-electron chi connectivity index (χ2n) is 4.84. The van der Waals surface area contributed by atoms with Gasteiger partial charge in [-0.15, -0.1) is 0 Å². The molecule has 0 spiro atoms. The van der Waals surface area contributed by atoms with E-state index < -0.39 is 7.59 Å². The van der Waals surface area contributed by atoms with Crippen molar-refractivity contribution in [1.82, 2.24) is 10.2 Å². The number of nitrogens with two attached hydrogens (primary N) is 1. The van der Waals surface area contributed by atoms with E-state index in [4.69, 9.17) is 5.50 Å². The van der Waals surface area contributed by atoms with E-state index in [0.717, 1.165) is 0 Å². The van der Waals surface area contributed by atoms with Gasteiger partial charge in [0.15, 0.2) is 0 Å². The summed E-state index contributed by atoms with van der Waals surface area (Å²) in [6, 6.07) is 0.128. The lowest BCUT2D eigenvalue weighted by Crippen LogP contribution is -2.36. The summed E-state index contributed by atoms with van der Waals surface area (Å²) in [5.74, 6) is 0. The van der Waals surface area contributed by atoms with Crippen LogP contribution in [-0.4, -0.2) is 12.6 Å². The molecule has 0 saturated heterocycles. The van der Waals surface area contributed by atoms with Crippen molar-refractivity contribution >= 4 is 7.59 Å². The maximum atomic E-state index is 11.6. The van der Waals surface area contributed by atoms with Gasteiger partial charge in [0.25, 0.3) is 7.59 Å². The molecule has 0 aliphatic rings. The molecule has 0 aromatic rings. The van der Waals surface area contributed by atoms with Crippen molar-refractivity contribution in [2.24, 2.45) is 10.9 Å². The molecule has 13 heavy (non-hydrogen) atoms. The Balaban J connectivity index is 3.97. The van der Waals surface area contributed by atoms with E-state index in [1.165, 1.54) is 0 Å². The quantitative estimate of drug-likeness (QED) is 0.614. The van der Waals surface area contributed by atoms with Crippen molar-refractivity contribution in [2.45, 2.75) is 40.7 Å². The van der Waals surface area contributed by atoms with E-state index in [9.17, 15) is 4.57 Å². The highest BCUT2D eigenvalue weighted by Crippen LogP contribution is 2.27. The van der Waals surface area contributed by atoms with Gasteiger partial charge in [0.05, 0.1) is 0 Å². The molecule has 4 N–H and O–H groups in total. The van der Waals surface area contributed by atoms with Crippen LogP contribution in [0.15, 0.2) is 0 Å². The Morgan fingerprint density at radius 2 is 1.85 bits per heavy atom. The van der Waals surface area contributed by atoms with Gasteiger partial charge in [-0.2, -0.15) is 0 Å². The highest BCUT2D eigenvalue weighted by atomic mass is 31.2. The third-order valence-corrected chi connectivity index (χ3v) is 2.82. The summed E-state index contributed by atoms with van der Waals surface area (Å²) < 4.78 is 11.6. The summed E-state index contributed by atoms with van der Waals surface area (Å²) in [6.07, 6.45) is 0. The lowest BCUT2D eigenvalue weighted by molar-refractivity contribution is 0.405. The Kier molecular flexibility index (Phi) is 4.60. The Hall–Kier alpha value is 0.110. The predicted molar refractivity (Wildman–Crippen MR) is 57.5 cm³/mol. The molecule has 1 unspecified atom stereocenters. The first-order valence-corrected chi connectivity index (χ1v) is 6.31. The van der Waals surface area contributed by atoms with Gasteiger partial charge in [-0.05, 0) is 19.3 Å². The molecule has 0 aromatic carbocycles. The largest absolute Gasteiger partial charge is 0.276 e. The Morgan fingerprint density at radius 3 is 2.15 bits per heavy atom. The highest BCUT2D eigenvalue weighted by molar-refractivity contribution is 7.57. The maximum Gasteiger partial charge on any atom is 0.276 e. The van der Waals surface area contributed by atoms with E-state index >= 15 is 0 Å². The number of hydrogen-bond donors (Lipinski definition) is 3. The van der Waals surface area contributed by atoms with E-state index in [1.54, 1.807) is 0 Å². The first kappa shape index (κ1) is 13.1. The fraction of sp³-hybridized carbons (Fsp3) is 1.00. The summed E-state index contributed by atoms with van der Waals surface area (Å²) in [5, 5.41) is 5.67. The second-order valence-corrected chi connectivity index (χ2v) is 6.73. The minimum absolute atomic E-state index is 0.0910. The van der Waals surface area contributed by atoms with Crippen LogP contribution in [0.25, 0.3) is 0 Å². The monoisotopic (exact) mass is 207 g/mol. The van der Waals surface area contributed by atoms with Crippen LogP contribution < -0.4 is 15.7 Å². The lowest BCUT2D eigenvalue weighted by Gasteiger charge is -2.24. The average Bonchev–Trinajstić information content (AvgIpc) is 1.79. The lowest BCUT2D eigenvalue weighted by atomic mass is 9.98. The van der Waals surface area contributed by atoms with Crippen LogP contribution in [0.5, 0.6) is 0 Å². The summed E-state index contributed by atoms with van der Waals surface area (Å²) in [5.41, 5.74) is 5.65. The summed E-state index contributed by atoms with van der Waals surface area (Å²) >= 11 is 0. The van der Waals surface area contributed by atoms with E-state index in [0.29, 0.717) is 6.54 Å². The first-order valence-electron chi connectivity index (χ1n) is 4.54. The smallest absolute Gasteiger partial charge is 0.271 e. The average molecular weight is 207 g/mol. The van der Waals surface area contributed by atoms with Gasteiger partial charge in [-0.25, -0.2) is 10.2 Å². The zero-order chi connectivity index (χ0) is 10.7. The molecule has 0 bridgehead atoms. The molecule has 0 heterocycles. The van der Waals surface area contributed by atoms with Crippen molar-refractivity contribution < 1.29 is 4.57 Å². The van der Waals surface area contributed by atoms with Crippen LogP contribution >= 0.6 is 7.59 Å². The standard InChI is InChI=1S/C8H22N3OP/c1-7(2)11-13(9,12)10-6-8(3,4)5/h7H,6H2,1-5H3,(H4,9,10,11,12). The third-order valence-electron chi connectivity index (χ3n) is 1.29. The molecule has 1 atom stereocenters. The topological polar surface area (TPSA) is 67.1 Å². The number of hydrogen-bond acceptors (Lipinski definition) is 1. The van der Waals surface area contributed by atoms with Crippen molar-refractivity contribution in [2.75, 3.05) is 6.54 Å². The molecule has 0 aromatic heterocycles. The van der Waals surface area contributed by atoms with Gasteiger partial charge in [-0.1, -0.05) is 20.8 Å². The molecule has 0 saturated carbocycles. The van der Waals surface area contributed by atoms with E-state index in [1.807, 2.05) is 13.8 Å². The van der Waals surface area contributed by atoms with Gasteiger partial charge in [0, 0.05) is 12.6 Å². The van der Waals surface area contributed by atoms with Crippen LogP contribution in [0, 0.1) is 5.41 Å². The van der Waals surface area contributed by atoms with Crippen LogP contribution in [0.3, 0.4) is 0 Å². The SMILES string of the molecule is CC(C)NP(N)(=O)NCC(C)(C)C. The van der Waals surface area contributed by atoms with Gasteiger partial charge in [0.1, 0.15) is 0 Å². The fourth-order valence-corrected chi connectivity index (χ4v) is 2.35. The maximum absolute atomic E-state index is 11.6. The Morgan fingerprint density at radius 1 is 1.38 bits per heavy atom. The van der Waals surface area contributed by atoms with Crippen molar-refractivity contribution in [3.05, 3.63) is 0 Å². The summed E-state index contributed by atoms with van der Waals surface area (Å²) in [7, 11) is -2.85. The molecule has 0 fully saturated rings. The molecule has 0 radical (unpaired) electrons. The molecule has 80 valence electrons. The van der Waals surface area contributed by atoms with Gasteiger partial charge < -0.3 is 0 Å². The summed E-state index contributed by atoms with van der Waals surface area (Å²) in [4.78, 5) is 0. The highest BCUT2D eigenvalue weighted by Gasteiger charge is 2.19. The Labute approximate surface area is 81.2 Å². The minimum Gasteiger partial charge on any atom is -0.271 e. The van der Waals surface area contributed by atoms with Crippen LogP contribution in [-0.2, 0) is 4.57 Å². The van der Waals surface area contributed by atoms with E-state index in [-0.39, 0.29) is 11.5 Å². The fourth-order valence-electron chi connectivity index (χ4n) is 0.784. The van der Waals surface area contributed by atoms with Crippen molar-refractivity contribution in [1.29, 1.82) is 0 Å². The van der Waals surface area contributed by atoms with Crippen LogP contribution in [0.1, 0.15) is 34.6 Å². The summed E-state index contributed by atoms with van der Waals surface area (Å²) in [6.45, 7) is 10.7. The minimum atomic E-state index is -2.85. The molecule has 4 nitrogen and oxygen atoms in total. The zero-order valence-electron chi connectivity index (χ0n) is 9.22.